The second kappa shape index (κ2) is 7.65. The van der Waals surface area contributed by atoms with E-state index in [9.17, 15) is 0 Å². The largest absolute Gasteiger partial charge is 0.399 e. The zero-order valence-corrected chi connectivity index (χ0v) is 12.7. The van der Waals surface area contributed by atoms with Gasteiger partial charge in [-0.1, -0.05) is 30.7 Å². The molecule has 0 saturated heterocycles. The minimum Gasteiger partial charge on any atom is -0.399 e. The number of nitrogens with one attached hydrogen (secondary N) is 1. The molecular weight excluding hydrogens is 274 g/mol. The molecule has 0 aromatic carbocycles. The van der Waals surface area contributed by atoms with Gasteiger partial charge in [-0.05, 0) is 25.3 Å². The predicted molar refractivity (Wildman–Crippen MR) is 84.9 cm³/mol. The van der Waals surface area contributed by atoms with Gasteiger partial charge in [0, 0.05) is 18.5 Å². The van der Waals surface area contributed by atoms with Crippen LogP contribution >= 0.6 is 11.6 Å². The van der Waals surface area contributed by atoms with E-state index in [0.717, 1.165) is 12.1 Å². The summed E-state index contributed by atoms with van der Waals surface area (Å²) in [6, 6.07) is 0. The molecule has 0 fully saturated rings. The van der Waals surface area contributed by atoms with Gasteiger partial charge in [0.1, 0.15) is 0 Å². The maximum absolute atomic E-state index is 7.40. The lowest BCUT2D eigenvalue weighted by Gasteiger charge is -2.06. The van der Waals surface area contributed by atoms with Crippen molar-refractivity contribution in [2.45, 2.75) is 20.3 Å². The fourth-order valence-electron chi connectivity index (χ4n) is 1.64. The van der Waals surface area contributed by atoms with Crippen molar-refractivity contribution >= 4 is 28.8 Å². The predicted octanol–water partition coefficient (Wildman–Crippen LogP) is 3.13. The molecule has 1 atom stereocenters. The molecule has 0 saturated carbocycles. The summed E-state index contributed by atoms with van der Waals surface area (Å²) in [4.78, 5) is 3.89. The molecule has 108 valence electrons. The summed E-state index contributed by atoms with van der Waals surface area (Å²) in [5.41, 5.74) is 8.68. The maximum Gasteiger partial charge on any atom is 0.160 e. The van der Waals surface area contributed by atoms with Crippen LogP contribution in [-0.4, -0.2) is 21.2 Å². The zero-order chi connectivity index (χ0) is 15.1. The van der Waals surface area contributed by atoms with E-state index < -0.39 is 0 Å². The van der Waals surface area contributed by atoms with Crippen LogP contribution in [0.1, 0.15) is 25.8 Å². The Morgan fingerprint density at radius 1 is 1.65 bits per heavy atom. The lowest BCUT2D eigenvalue weighted by Crippen LogP contribution is -2.00. The third-order valence-electron chi connectivity index (χ3n) is 2.83. The van der Waals surface area contributed by atoms with E-state index in [2.05, 4.69) is 29.2 Å². The number of nitrogens with zero attached hydrogens (tertiary/aromatic N) is 3. The van der Waals surface area contributed by atoms with E-state index >= 15 is 0 Å². The Bertz CT molecular complexity index is 554. The Morgan fingerprint density at radius 2 is 2.35 bits per heavy atom. The summed E-state index contributed by atoms with van der Waals surface area (Å²) in [5.74, 6) is 1.29. The summed E-state index contributed by atoms with van der Waals surface area (Å²) in [7, 11) is 1.76. The van der Waals surface area contributed by atoms with Gasteiger partial charge in [0.05, 0.1) is 17.4 Å². The topological polar surface area (TPSA) is 80.0 Å². The van der Waals surface area contributed by atoms with Crippen molar-refractivity contribution in [2.24, 2.45) is 23.7 Å². The molecule has 1 heterocycles. The van der Waals surface area contributed by atoms with Crippen LogP contribution in [0.15, 0.2) is 35.1 Å². The minimum absolute atomic E-state index is 0.431. The molecule has 5 nitrogen and oxygen atoms in total. The SMILES string of the molecule is CC(=N)c1cnn(C)c1/N=C/Cl.CC1C=CC(N)=CC1. The first kappa shape index (κ1) is 16.2. The van der Waals surface area contributed by atoms with Crippen molar-refractivity contribution in [1.29, 1.82) is 5.41 Å². The summed E-state index contributed by atoms with van der Waals surface area (Å²) in [6.45, 7) is 3.86. The number of nitrogens with two attached hydrogens (primary N) is 1. The quantitative estimate of drug-likeness (QED) is 0.822. The monoisotopic (exact) mass is 293 g/mol. The highest BCUT2D eigenvalue weighted by Crippen LogP contribution is 2.17. The lowest BCUT2D eigenvalue weighted by molar-refractivity contribution is 0.730. The van der Waals surface area contributed by atoms with Crippen molar-refractivity contribution in [3.05, 3.63) is 35.7 Å². The first-order chi connectivity index (χ1) is 9.45. The van der Waals surface area contributed by atoms with Crippen molar-refractivity contribution < 1.29 is 0 Å². The Kier molecular flexibility index (Phi) is 6.18. The van der Waals surface area contributed by atoms with Gasteiger partial charge in [0.25, 0.3) is 0 Å². The van der Waals surface area contributed by atoms with Crippen LogP contribution in [0.3, 0.4) is 0 Å². The fraction of sp³-hybridized carbons (Fsp3) is 0.357. The highest BCUT2D eigenvalue weighted by Gasteiger charge is 2.07. The highest BCUT2D eigenvalue weighted by atomic mass is 35.5. The van der Waals surface area contributed by atoms with Gasteiger partial charge in [-0.2, -0.15) is 5.10 Å². The molecule has 0 aliphatic heterocycles. The van der Waals surface area contributed by atoms with Crippen LogP contribution < -0.4 is 5.73 Å². The van der Waals surface area contributed by atoms with E-state index in [1.54, 1.807) is 24.9 Å². The number of aromatic nitrogens is 2. The van der Waals surface area contributed by atoms with Gasteiger partial charge >= 0.3 is 0 Å². The van der Waals surface area contributed by atoms with Crippen LogP contribution in [0.4, 0.5) is 5.82 Å². The van der Waals surface area contributed by atoms with Crippen molar-refractivity contribution in [3.8, 4) is 0 Å². The first-order valence-corrected chi connectivity index (χ1v) is 6.73. The Balaban J connectivity index is 0.000000217. The molecule has 0 spiro atoms. The van der Waals surface area contributed by atoms with Crippen molar-refractivity contribution in [3.63, 3.8) is 0 Å². The second-order valence-electron chi connectivity index (χ2n) is 4.63. The van der Waals surface area contributed by atoms with E-state index in [0.29, 0.717) is 23.0 Å². The molecule has 1 aliphatic rings. The van der Waals surface area contributed by atoms with Gasteiger partial charge in [-0.15, -0.1) is 0 Å². The van der Waals surface area contributed by atoms with E-state index in [4.69, 9.17) is 22.7 Å². The number of hydrogen-bond donors (Lipinski definition) is 2. The Morgan fingerprint density at radius 3 is 2.80 bits per heavy atom. The van der Waals surface area contributed by atoms with Gasteiger partial charge in [0.2, 0.25) is 0 Å². The molecule has 0 radical (unpaired) electrons. The summed E-state index contributed by atoms with van der Waals surface area (Å²) in [5, 5.41) is 11.4. The average molecular weight is 294 g/mol. The Hall–Kier alpha value is -1.88. The molecule has 2 rings (SSSR count). The average Bonchev–Trinajstić information content (AvgIpc) is 2.76. The summed E-state index contributed by atoms with van der Waals surface area (Å²) in [6.07, 6.45) is 8.86. The summed E-state index contributed by atoms with van der Waals surface area (Å²) < 4.78 is 1.58. The zero-order valence-electron chi connectivity index (χ0n) is 12.0. The van der Waals surface area contributed by atoms with Gasteiger partial charge in [-0.25, -0.2) is 4.99 Å². The van der Waals surface area contributed by atoms with Crippen molar-refractivity contribution in [1.82, 2.24) is 9.78 Å². The third kappa shape index (κ3) is 4.66. The maximum atomic E-state index is 7.40. The fourth-order valence-corrected chi connectivity index (χ4v) is 1.73. The molecule has 3 N–H and O–H groups in total. The van der Waals surface area contributed by atoms with Crippen LogP contribution in [0.2, 0.25) is 0 Å². The molecule has 0 amide bonds. The molecular formula is C14H20ClN5. The molecule has 1 aromatic rings. The number of allylic oxidation sites excluding steroid dienone is 3. The molecule has 6 heteroatoms. The van der Waals surface area contributed by atoms with E-state index in [1.165, 1.54) is 5.67 Å². The second-order valence-corrected chi connectivity index (χ2v) is 4.83. The number of aryl methyl sites for hydroxylation is 1. The number of aliphatic imine (C=N–C) groups is 1. The number of halogens is 1. The minimum atomic E-state index is 0.431. The van der Waals surface area contributed by atoms with Crippen LogP contribution in [0, 0.1) is 11.3 Å². The highest BCUT2D eigenvalue weighted by molar-refractivity contribution is 6.56. The van der Waals surface area contributed by atoms with E-state index in [-0.39, 0.29) is 0 Å². The van der Waals surface area contributed by atoms with Crippen molar-refractivity contribution in [2.75, 3.05) is 0 Å². The standard InChI is InChI=1S/C7H9ClN4.C7H11N/c1-5(9)6-3-11-12(2)7(6)10-4-8;1-6-2-4-7(8)5-3-6/h3-4,9H,1-2H3;2,4-6H,3,8H2,1H3/b9-5?,10-4+;. The smallest absolute Gasteiger partial charge is 0.160 e. The molecule has 1 aromatic heterocycles. The molecule has 0 bridgehead atoms. The first-order valence-electron chi connectivity index (χ1n) is 6.29. The molecule has 1 aliphatic carbocycles. The van der Waals surface area contributed by atoms with E-state index in [1.807, 2.05) is 6.08 Å². The molecule has 1 unspecified atom stereocenters. The van der Waals surface area contributed by atoms with Crippen LogP contribution in [0.25, 0.3) is 0 Å². The van der Waals surface area contributed by atoms with Gasteiger partial charge in [0.15, 0.2) is 5.82 Å². The number of rotatable bonds is 2. The van der Waals surface area contributed by atoms with Crippen LogP contribution in [-0.2, 0) is 7.05 Å². The van der Waals surface area contributed by atoms with Crippen LogP contribution in [0.5, 0.6) is 0 Å². The Labute approximate surface area is 124 Å². The third-order valence-corrected chi connectivity index (χ3v) is 2.92. The molecule has 20 heavy (non-hydrogen) atoms. The van der Waals surface area contributed by atoms with Gasteiger partial charge < -0.3 is 11.1 Å². The van der Waals surface area contributed by atoms with Gasteiger partial charge in [-0.3, -0.25) is 4.68 Å². The number of hydrogen-bond acceptors (Lipinski definition) is 4. The normalized spacial score (nSPS) is 17.6. The summed E-state index contributed by atoms with van der Waals surface area (Å²) >= 11 is 5.34. The lowest BCUT2D eigenvalue weighted by atomic mass is 10.0.